The van der Waals surface area contributed by atoms with E-state index in [2.05, 4.69) is 53.3 Å². The number of rotatable bonds is 6. The van der Waals surface area contributed by atoms with Crippen LogP contribution in [-0.2, 0) is 4.74 Å². The highest BCUT2D eigenvalue weighted by Crippen LogP contribution is 2.33. The standard InChI is InChI=1S/C21H34N4O/c1-3-25-12-4-7-19(25)15-24-21(22)23-14-18-6-5-13-26-20(18)17-10-8-16(2)9-11-17/h8-11,18-20H,3-7,12-15H2,1-2H3,(H3,22,23,24). The maximum absolute atomic E-state index is 6.14. The molecule has 2 saturated heterocycles. The number of guanidine groups is 1. The number of nitrogens with one attached hydrogen (secondary N) is 1. The first-order valence-electron chi connectivity index (χ1n) is 10.1. The number of aliphatic imine (C=N–C) groups is 1. The molecule has 1 aromatic carbocycles. The zero-order valence-corrected chi connectivity index (χ0v) is 16.3. The van der Waals surface area contributed by atoms with E-state index < -0.39 is 0 Å². The van der Waals surface area contributed by atoms with Gasteiger partial charge in [-0.25, -0.2) is 0 Å². The van der Waals surface area contributed by atoms with E-state index in [9.17, 15) is 0 Å². The highest BCUT2D eigenvalue weighted by molar-refractivity contribution is 5.77. The molecule has 144 valence electrons. The summed E-state index contributed by atoms with van der Waals surface area (Å²) >= 11 is 0. The Morgan fingerprint density at radius 1 is 1.27 bits per heavy atom. The van der Waals surface area contributed by atoms with Crippen LogP contribution >= 0.6 is 0 Å². The van der Waals surface area contributed by atoms with Gasteiger partial charge < -0.3 is 15.8 Å². The summed E-state index contributed by atoms with van der Waals surface area (Å²) in [4.78, 5) is 7.15. The summed E-state index contributed by atoms with van der Waals surface area (Å²) in [5.41, 5.74) is 8.67. The fourth-order valence-corrected chi connectivity index (χ4v) is 4.19. The van der Waals surface area contributed by atoms with Gasteiger partial charge in [-0.05, 0) is 51.3 Å². The van der Waals surface area contributed by atoms with Gasteiger partial charge in [0.25, 0.3) is 0 Å². The van der Waals surface area contributed by atoms with Crippen molar-refractivity contribution < 1.29 is 4.74 Å². The number of aryl methyl sites for hydroxylation is 1. The molecule has 3 rings (SSSR count). The maximum atomic E-state index is 6.14. The number of likely N-dealkylation sites (N-methyl/N-ethyl adjacent to an activating group) is 1. The van der Waals surface area contributed by atoms with Crippen LogP contribution in [0.4, 0.5) is 0 Å². The van der Waals surface area contributed by atoms with Crippen LogP contribution in [0.1, 0.15) is 49.8 Å². The second-order valence-corrected chi connectivity index (χ2v) is 7.64. The molecule has 2 aliphatic rings. The van der Waals surface area contributed by atoms with E-state index in [-0.39, 0.29) is 6.10 Å². The van der Waals surface area contributed by atoms with Gasteiger partial charge in [-0.15, -0.1) is 0 Å². The molecule has 2 aliphatic heterocycles. The molecule has 5 heteroatoms. The average molecular weight is 359 g/mol. The summed E-state index contributed by atoms with van der Waals surface area (Å²) in [6.45, 7) is 9.11. The van der Waals surface area contributed by atoms with Gasteiger partial charge in [-0.3, -0.25) is 9.89 Å². The highest BCUT2D eigenvalue weighted by Gasteiger charge is 2.27. The number of ether oxygens (including phenoxy) is 1. The van der Waals surface area contributed by atoms with Gasteiger partial charge in [0.2, 0.25) is 0 Å². The molecule has 26 heavy (non-hydrogen) atoms. The number of likely N-dealkylation sites (tertiary alicyclic amines) is 1. The Labute approximate surface area is 158 Å². The average Bonchev–Trinajstić information content (AvgIpc) is 3.13. The molecule has 0 amide bonds. The van der Waals surface area contributed by atoms with E-state index in [4.69, 9.17) is 10.5 Å². The van der Waals surface area contributed by atoms with E-state index in [1.807, 2.05) is 0 Å². The van der Waals surface area contributed by atoms with E-state index in [0.29, 0.717) is 17.9 Å². The smallest absolute Gasteiger partial charge is 0.188 e. The summed E-state index contributed by atoms with van der Waals surface area (Å²) in [5.74, 6) is 0.964. The molecule has 2 heterocycles. The van der Waals surface area contributed by atoms with Crippen LogP contribution in [-0.4, -0.2) is 49.7 Å². The maximum Gasteiger partial charge on any atom is 0.188 e. The monoisotopic (exact) mass is 358 g/mol. The summed E-state index contributed by atoms with van der Waals surface area (Å²) < 4.78 is 6.08. The zero-order valence-electron chi connectivity index (χ0n) is 16.3. The van der Waals surface area contributed by atoms with Crippen LogP contribution in [0.2, 0.25) is 0 Å². The van der Waals surface area contributed by atoms with Crippen LogP contribution in [0.3, 0.4) is 0 Å². The molecule has 0 bridgehead atoms. The molecule has 0 spiro atoms. The summed E-state index contributed by atoms with van der Waals surface area (Å²) in [5, 5.41) is 3.34. The fraction of sp³-hybridized carbons (Fsp3) is 0.667. The van der Waals surface area contributed by atoms with Crippen molar-refractivity contribution in [2.24, 2.45) is 16.6 Å². The van der Waals surface area contributed by atoms with Crippen molar-refractivity contribution in [3.05, 3.63) is 35.4 Å². The molecular formula is C21H34N4O. The lowest BCUT2D eigenvalue weighted by Crippen LogP contribution is -2.43. The lowest BCUT2D eigenvalue weighted by atomic mass is 9.89. The molecule has 0 radical (unpaired) electrons. The van der Waals surface area contributed by atoms with Crippen molar-refractivity contribution in [3.63, 3.8) is 0 Å². The van der Waals surface area contributed by atoms with Crippen LogP contribution in [0.25, 0.3) is 0 Å². The Bertz CT molecular complexity index is 586. The third kappa shape index (κ3) is 4.98. The molecule has 3 atom stereocenters. The number of hydrogen-bond donors (Lipinski definition) is 2. The Hall–Kier alpha value is -1.59. The van der Waals surface area contributed by atoms with Crippen molar-refractivity contribution in [2.45, 2.75) is 51.7 Å². The minimum absolute atomic E-state index is 0.131. The lowest BCUT2D eigenvalue weighted by Gasteiger charge is -2.31. The fourth-order valence-electron chi connectivity index (χ4n) is 4.19. The third-order valence-corrected chi connectivity index (χ3v) is 5.77. The van der Waals surface area contributed by atoms with E-state index >= 15 is 0 Å². The molecule has 5 nitrogen and oxygen atoms in total. The topological polar surface area (TPSA) is 62.9 Å². The van der Waals surface area contributed by atoms with Crippen molar-refractivity contribution in [2.75, 3.05) is 32.8 Å². The van der Waals surface area contributed by atoms with Crippen molar-refractivity contribution >= 4 is 5.96 Å². The third-order valence-electron chi connectivity index (χ3n) is 5.77. The van der Waals surface area contributed by atoms with Gasteiger partial charge in [-0.1, -0.05) is 36.8 Å². The van der Waals surface area contributed by atoms with Crippen LogP contribution in [0.15, 0.2) is 29.3 Å². The minimum atomic E-state index is 0.131. The predicted molar refractivity (Wildman–Crippen MR) is 107 cm³/mol. The second kappa shape index (κ2) is 9.38. The first-order chi connectivity index (χ1) is 12.7. The van der Waals surface area contributed by atoms with Gasteiger partial charge in [0.15, 0.2) is 5.96 Å². The Kier molecular flexibility index (Phi) is 6.92. The minimum Gasteiger partial charge on any atom is -0.373 e. The van der Waals surface area contributed by atoms with Crippen LogP contribution < -0.4 is 11.1 Å². The van der Waals surface area contributed by atoms with Gasteiger partial charge in [0, 0.05) is 31.7 Å². The number of nitrogens with two attached hydrogens (primary N) is 1. The Morgan fingerprint density at radius 2 is 2.08 bits per heavy atom. The van der Waals surface area contributed by atoms with Crippen LogP contribution in [0, 0.1) is 12.8 Å². The van der Waals surface area contributed by atoms with Gasteiger partial charge in [0.1, 0.15) is 0 Å². The Morgan fingerprint density at radius 3 is 2.85 bits per heavy atom. The molecule has 3 N–H and O–H groups in total. The number of hydrogen-bond acceptors (Lipinski definition) is 3. The molecule has 2 fully saturated rings. The second-order valence-electron chi connectivity index (χ2n) is 7.64. The van der Waals surface area contributed by atoms with E-state index in [0.717, 1.165) is 39.1 Å². The number of benzene rings is 1. The van der Waals surface area contributed by atoms with Crippen molar-refractivity contribution in [3.8, 4) is 0 Å². The molecule has 0 aromatic heterocycles. The molecule has 1 aromatic rings. The first-order valence-corrected chi connectivity index (χ1v) is 10.1. The SMILES string of the molecule is CCN1CCCC1CNC(N)=NCC1CCCOC1c1ccc(C)cc1. The summed E-state index contributed by atoms with van der Waals surface area (Å²) in [6.07, 6.45) is 4.91. The largest absolute Gasteiger partial charge is 0.373 e. The van der Waals surface area contributed by atoms with Gasteiger partial charge >= 0.3 is 0 Å². The van der Waals surface area contributed by atoms with Gasteiger partial charge in [0.05, 0.1) is 6.10 Å². The lowest BCUT2D eigenvalue weighted by molar-refractivity contribution is -0.0250. The zero-order chi connectivity index (χ0) is 18.4. The quantitative estimate of drug-likeness (QED) is 0.606. The highest BCUT2D eigenvalue weighted by atomic mass is 16.5. The first kappa shape index (κ1) is 19.2. The summed E-state index contributed by atoms with van der Waals surface area (Å²) in [7, 11) is 0. The van der Waals surface area contributed by atoms with Crippen molar-refractivity contribution in [1.29, 1.82) is 0 Å². The van der Waals surface area contributed by atoms with Crippen molar-refractivity contribution in [1.82, 2.24) is 10.2 Å². The van der Waals surface area contributed by atoms with E-state index in [1.165, 1.54) is 30.5 Å². The van der Waals surface area contributed by atoms with E-state index in [1.54, 1.807) is 0 Å². The normalized spacial score (nSPS) is 27.6. The molecule has 0 saturated carbocycles. The van der Waals surface area contributed by atoms with Crippen LogP contribution in [0.5, 0.6) is 0 Å². The van der Waals surface area contributed by atoms with Gasteiger partial charge in [-0.2, -0.15) is 0 Å². The number of nitrogens with zero attached hydrogens (tertiary/aromatic N) is 2. The molecule has 3 unspecified atom stereocenters. The molecule has 0 aliphatic carbocycles. The summed E-state index contributed by atoms with van der Waals surface area (Å²) in [6, 6.07) is 9.27. The Balaban J connectivity index is 1.53. The molecular weight excluding hydrogens is 324 g/mol. The predicted octanol–water partition coefficient (Wildman–Crippen LogP) is 2.85.